The highest BCUT2D eigenvalue weighted by Crippen LogP contribution is 2.27. The van der Waals surface area contributed by atoms with E-state index in [9.17, 15) is 13.2 Å². The van der Waals surface area contributed by atoms with Crippen molar-refractivity contribution in [2.75, 3.05) is 10.0 Å². The molecule has 0 radical (unpaired) electrons. The molecule has 0 heterocycles. The standard InChI is InChI=1S/C21H18Cl2N2O3S/c1-13-3-8-17(9-4-13)29(27,28)25-20-11-15(6-5-14(20)2)21(26)24-19-10-7-16(22)12-18(19)23/h3-12,25H,1-2H3,(H,24,26). The van der Waals surface area contributed by atoms with E-state index in [1.54, 1.807) is 43.3 Å². The van der Waals surface area contributed by atoms with Gasteiger partial charge in [0.25, 0.3) is 15.9 Å². The zero-order valence-electron chi connectivity index (χ0n) is 15.7. The fourth-order valence-corrected chi connectivity index (χ4v) is 4.16. The molecule has 0 spiro atoms. The summed E-state index contributed by atoms with van der Waals surface area (Å²) in [6.45, 7) is 3.63. The fraction of sp³-hybridized carbons (Fsp3) is 0.0952. The molecule has 29 heavy (non-hydrogen) atoms. The molecule has 0 fully saturated rings. The Labute approximate surface area is 179 Å². The van der Waals surface area contributed by atoms with Crippen LogP contribution < -0.4 is 10.0 Å². The monoisotopic (exact) mass is 448 g/mol. The van der Waals surface area contributed by atoms with Crippen LogP contribution in [0.1, 0.15) is 21.5 Å². The largest absolute Gasteiger partial charge is 0.321 e. The van der Waals surface area contributed by atoms with Gasteiger partial charge in [0, 0.05) is 10.6 Å². The van der Waals surface area contributed by atoms with Crippen molar-refractivity contribution < 1.29 is 13.2 Å². The molecule has 1 amide bonds. The highest BCUT2D eigenvalue weighted by Gasteiger charge is 2.17. The molecule has 0 bridgehead atoms. The predicted octanol–water partition coefficient (Wildman–Crippen LogP) is 5.66. The molecule has 0 saturated heterocycles. The van der Waals surface area contributed by atoms with E-state index in [1.807, 2.05) is 6.92 Å². The normalized spacial score (nSPS) is 11.2. The molecule has 0 aliphatic heterocycles. The number of carbonyl (C=O) groups excluding carboxylic acids is 1. The molecular formula is C21H18Cl2N2O3S. The van der Waals surface area contributed by atoms with E-state index in [2.05, 4.69) is 10.0 Å². The van der Waals surface area contributed by atoms with Crippen molar-refractivity contribution in [2.45, 2.75) is 18.7 Å². The van der Waals surface area contributed by atoms with Crippen LogP contribution >= 0.6 is 23.2 Å². The third-order valence-electron chi connectivity index (χ3n) is 4.25. The molecule has 0 aliphatic carbocycles. The Morgan fingerprint density at radius 1 is 0.862 bits per heavy atom. The van der Waals surface area contributed by atoms with Gasteiger partial charge in [-0.05, 0) is 61.9 Å². The molecule has 8 heteroatoms. The van der Waals surface area contributed by atoms with Gasteiger partial charge in [-0.1, -0.05) is 47.0 Å². The molecule has 0 unspecified atom stereocenters. The summed E-state index contributed by atoms with van der Waals surface area (Å²) in [5.74, 6) is -0.426. The number of amides is 1. The number of hydrogen-bond donors (Lipinski definition) is 2. The van der Waals surface area contributed by atoms with Crippen molar-refractivity contribution in [3.63, 3.8) is 0 Å². The summed E-state index contributed by atoms with van der Waals surface area (Å²) in [5.41, 5.74) is 2.65. The van der Waals surface area contributed by atoms with Crippen LogP contribution in [0.5, 0.6) is 0 Å². The van der Waals surface area contributed by atoms with E-state index in [0.717, 1.165) is 5.56 Å². The molecule has 3 rings (SSSR count). The Morgan fingerprint density at radius 2 is 1.55 bits per heavy atom. The molecule has 0 atom stereocenters. The highest BCUT2D eigenvalue weighted by molar-refractivity contribution is 7.92. The number of aryl methyl sites for hydroxylation is 2. The molecular weight excluding hydrogens is 431 g/mol. The number of sulfonamides is 1. The minimum absolute atomic E-state index is 0.144. The average Bonchev–Trinajstić information content (AvgIpc) is 2.66. The third kappa shape index (κ3) is 5.09. The number of rotatable bonds is 5. The Morgan fingerprint density at radius 3 is 2.21 bits per heavy atom. The maximum absolute atomic E-state index is 12.7. The van der Waals surface area contributed by atoms with E-state index in [0.29, 0.717) is 27.0 Å². The van der Waals surface area contributed by atoms with Crippen LogP contribution in [0.25, 0.3) is 0 Å². The zero-order valence-corrected chi connectivity index (χ0v) is 18.0. The van der Waals surface area contributed by atoms with E-state index in [4.69, 9.17) is 23.2 Å². The Bertz CT molecular complexity index is 1180. The molecule has 3 aromatic rings. The van der Waals surface area contributed by atoms with E-state index in [1.165, 1.54) is 24.3 Å². The van der Waals surface area contributed by atoms with Gasteiger partial charge in [-0.3, -0.25) is 9.52 Å². The lowest BCUT2D eigenvalue weighted by atomic mass is 10.1. The van der Waals surface area contributed by atoms with Crippen LogP contribution in [-0.2, 0) is 10.0 Å². The van der Waals surface area contributed by atoms with Crippen molar-refractivity contribution in [3.8, 4) is 0 Å². The number of halogens is 2. The highest BCUT2D eigenvalue weighted by atomic mass is 35.5. The number of carbonyl (C=O) groups is 1. The second-order valence-electron chi connectivity index (χ2n) is 6.53. The lowest BCUT2D eigenvalue weighted by Crippen LogP contribution is -2.16. The lowest BCUT2D eigenvalue weighted by molar-refractivity contribution is 0.102. The van der Waals surface area contributed by atoms with Crippen molar-refractivity contribution in [3.05, 3.63) is 87.4 Å². The second kappa shape index (κ2) is 8.45. The van der Waals surface area contributed by atoms with Gasteiger partial charge < -0.3 is 5.32 Å². The van der Waals surface area contributed by atoms with Gasteiger partial charge in [0.05, 0.1) is 21.3 Å². The van der Waals surface area contributed by atoms with Gasteiger partial charge in [-0.25, -0.2) is 8.42 Å². The van der Waals surface area contributed by atoms with Gasteiger partial charge in [0.1, 0.15) is 0 Å². The SMILES string of the molecule is Cc1ccc(S(=O)(=O)Nc2cc(C(=O)Nc3ccc(Cl)cc3Cl)ccc2C)cc1. The molecule has 2 N–H and O–H groups in total. The van der Waals surface area contributed by atoms with Crippen LogP contribution in [0, 0.1) is 13.8 Å². The van der Waals surface area contributed by atoms with E-state index < -0.39 is 15.9 Å². The first-order valence-electron chi connectivity index (χ1n) is 8.62. The summed E-state index contributed by atoms with van der Waals surface area (Å²) in [6, 6.07) is 16.0. The van der Waals surface area contributed by atoms with Crippen molar-refractivity contribution in [1.29, 1.82) is 0 Å². The van der Waals surface area contributed by atoms with Gasteiger partial charge in [-0.15, -0.1) is 0 Å². The van der Waals surface area contributed by atoms with Crippen molar-refractivity contribution in [1.82, 2.24) is 0 Å². The van der Waals surface area contributed by atoms with E-state index >= 15 is 0 Å². The summed E-state index contributed by atoms with van der Waals surface area (Å²) in [4.78, 5) is 12.8. The molecule has 5 nitrogen and oxygen atoms in total. The van der Waals surface area contributed by atoms with Gasteiger partial charge in [-0.2, -0.15) is 0 Å². The molecule has 3 aromatic carbocycles. The van der Waals surface area contributed by atoms with Crippen molar-refractivity contribution >= 4 is 50.5 Å². The maximum Gasteiger partial charge on any atom is 0.261 e. The van der Waals surface area contributed by atoms with Crippen LogP contribution in [0.15, 0.2) is 65.6 Å². The summed E-state index contributed by atoms with van der Waals surface area (Å²) in [7, 11) is -3.78. The van der Waals surface area contributed by atoms with Crippen LogP contribution in [-0.4, -0.2) is 14.3 Å². The van der Waals surface area contributed by atoms with Crippen LogP contribution in [0.3, 0.4) is 0 Å². The van der Waals surface area contributed by atoms with E-state index in [-0.39, 0.29) is 10.5 Å². The summed E-state index contributed by atoms with van der Waals surface area (Å²) < 4.78 is 27.9. The number of hydrogen-bond acceptors (Lipinski definition) is 3. The maximum atomic E-state index is 12.7. The average molecular weight is 449 g/mol. The molecule has 0 saturated carbocycles. The smallest absolute Gasteiger partial charge is 0.261 e. The summed E-state index contributed by atoms with van der Waals surface area (Å²) in [6.07, 6.45) is 0. The third-order valence-corrected chi connectivity index (χ3v) is 6.18. The van der Waals surface area contributed by atoms with Crippen molar-refractivity contribution in [2.24, 2.45) is 0 Å². The van der Waals surface area contributed by atoms with Gasteiger partial charge in [0.15, 0.2) is 0 Å². The second-order valence-corrected chi connectivity index (χ2v) is 9.05. The molecule has 150 valence electrons. The topological polar surface area (TPSA) is 75.3 Å². The first-order valence-corrected chi connectivity index (χ1v) is 10.9. The first-order chi connectivity index (χ1) is 13.7. The van der Waals surface area contributed by atoms with Crippen LogP contribution in [0.4, 0.5) is 11.4 Å². The van der Waals surface area contributed by atoms with Gasteiger partial charge in [0.2, 0.25) is 0 Å². The summed E-state index contributed by atoms with van der Waals surface area (Å²) >= 11 is 12.0. The van der Waals surface area contributed by atoms with Crippen LogP contribution in [0.2, 0.25) is 10.0 Å². The Balaban J connectivity index is 1.85. The minimum Gasteiger partial charge on any atom is -0.321 e. The first kappa shape index (κ1) is 21.2. The number of anilines is 2. The quantitative estimate of drug-likeness (QED) is 0.528. The number of nitrogens with one attached hydrogen (secondary N) is 2. The molecule has 0 aliphatic rings. The Hall–Kier alpha value is -2.54. The number of benzene rings is 3. The lowest BCUT2D eigenvalue weighted by Gasteiger charge is -2.13. The Kier molecular flexibility index (Phi) is 6.17. The summed E-state index contributed by atoms with van der Waals surface area (Å²) in [5, 5.41) is 3.45. The molecule has 0 aromatic heterocycles. The predicted molar refractivity (Wildman–Crippen MR) is 118 cm³/mol. The fourth-order valence-electron chi connectivity index (χ4n) is 2.58. The van der Waals surface area contributed by atoms with Gasteiger partial charge >= 0.3 is 0 Å². The zero-order chi connectivity index (χ0) is 21.2. The minimum atomic E-state index is -3.78.